The third-order valence-electron chi connectivity index (χ3n) is 3.32. The highest BCUT2D eigenvalue weighted by molar-refractivity contribution is 6.30. The molecule has 1 N–H and O–H groups in total. The number of halogens is 1. The third-order valence-corrected chi connectivity index (χ3v) is 3.57. The van der Waals surface area contributed by atoms with Crippen molar-refractivity contribution in [1.82, 2.24) is 10.3 Å². The number of amides is 1. The lowest BCUT2D eigenvalue weighted by atomic mass is 10.2. The standard InChI is InChI=1S/C19H15ClN2O2/c20-16-9-7-15(8-10-16)19(23)22-13-14-4-3-5-17(12-14)24-18-6-1-2-11-21-18/h1-12H,13H2,(H,22,23). The number of carbonyl (C=O) groups is 1. The molecule has 120 valence electrons. The van der Waals surface area contributed by atoms with Crippen molar-refractivity contribution < 1.29 is 9.53 Å². The van der Waals surface area contributed by atoms with E-state index in [4.69, 9.17) is 16.3 Å². The van der Waals surface area contributed by atoms with Crippen LogP contribution in [0.2, 0.25) is 5.02 Å². The minimum Gasteiger partial charge on any atom is -0.439 e. The number of pyridine rings is 1. The van der Waals surface area contributed by atoms with Crippen LogP contribution in [0.25, 0.3) is 0 Å². The minimum absolute atomic E-state index is 0.150. The zero-order valence-electron chi connectivity index (χ0n) is 12.8. The van der Waals surface area contributed by atoms with Gasteiger partial charge in [0.1, 0.15) is 5.75 Å². The molecule has 0 aliphatic heterocycles. The van der Waals surface area contributed by atoms with Gasteiger partial charge in [0, 0.05) is 29.4 Å². The zero-order valence-corrected chi connectivity index (χ0v) is 13.5. The van der Waals surface area contributed by atoms with Crippen LogP contribution in [0, 0.1) is 0 Å². The van der Waals surface area contributed by atoms with Gasteiger partial charge >= 0.3 is 0 Å². The predicted molar refractivity (Wildman–Crippen MR) is 93.4 cm³/mol. The molecule has 4 nitrogen and oxygen atoms in total. The maximum atomic E-state index is 12.1. The smallest absolute Gasteiger partial charge is 0.251 e. The molecule has 0 saturated carbocycles. The van der Waals surface area contributed by atoms with Crippen LogP contribution in [0.1, 0.15) is 15.9 Å². The molecule has 0 aliphatic rings. The summed E-state index contributed by atoms with van der Waals surface area (Å²) in [6.07, 6.45) is 1.67. The molecule has 24 heavy (non-hydrogen) atoms. The van der Waals surface area contributed by atoms with Gasteiger partial charge in [-0.25, -0.2) is 4.98 Å². The van der Waals surface area contributed by atoms with Gasteiger partial charge < -0.3 is 10.1 Å². The molecule has 0 unspecified atom stereocenters. The average molecular weight is 339 g/mol. The van der Waals surface area contributed by atoms with Crippen molar-refractivity contribution >= 4 is 17.5 Å². The highest BCUT2D eigenvalue weighted by atomic mass is 35.5. The van der Waals surface area contributed by atoms with E-state index in [0.29, 0.717) is 28.8 Å². The van der Waals surface area contributed by atoms with Gasteiger partial charge in [-0.1, -0.05) is 29.8 Å². The monoisotopic (exact) mass is 338 g/mol. The summed E-state index contributed by atoms with van der Waals surface area (Å²) >= 11 is 5.82. The van der Waals surface area contributed by atoms with Crippen molar-refractivity contribution in [3.63, 3.8) is 0 Å². The Morgan fingerprint density at radius 3 is 2.62 bits per heavy atom. The summed E-state index contributed by atoms with van der Waals surface area (Å²) in [5.74, 6) is 1.05. The number of nitrogens with one attached hydrogen (secondary N) is 1. The van der Waals surface area contributed by atoms with Crippen molar-refractivity contribution in [1.29, 1.82) is 0 Å². The number of hydrogen-bond acceptors (Lipinski definition) is 3. The van der Waals surface area contributed by atoms with Gasteiger partial charge in [-0.15, -0.1) is 0 Å². The van der Waals surface area contributed by atoms with E-state index in [-0.39, 0.29) is 5.91 Å². The van der Waals surface area contributed by atoms with E-state index in [2.05, 4.69) is 10.3 Å². The van der Waals surface area contributed by atoms with Gasteiger partial charge in [0.2, 0.25) is 5.88 Å². The van der Waals surface area contributed by atoms with Crippen LogP contribution in [-0.2, 0) is 6.54 Å². The van der Waals surface area contributed by atoms with Gasteiger partial charge in [-0.2, -0.15) is 0 Å². The van der Waals surface area contributed by atoms with Gasteiger partial charge in [0.05, 0.1) is 0 Å². The van der Waals surface area contributed by atoms with Gasteiger partial charge in [-0.05, 0) is 48.0 Å². The van der Waals surface area contributed by atoms with E-state index in [1.54, 1.807) is 36.5 Å². The Morgan fingerprint density at radius 2 is 1.88 bits per heavy atom. The number of rotatable bonds is 5. The van der Waals surface area contributed by atoms with Crippen LogP contribution in [0.4, 0.5) is 0 Å². The second kappa shape index (κ2) is 7.62. The molecule has 0 saturated heterocycles. The second-order valence-corrected chi connectivity index (χ2v) is 5.54. The number of carbonyl (C=O) groups excluding carboxylic acids is 1. The molecule has 1 heterocycles. The first kappa shape index (κ1) is 16.0. The largest absolute Gasteiger partial charge is 0.439 e. The SMILES string of the molecule is O=C(NCc1cccc(Oc2ccccn2)c1)c1ccc(Cl)cc1. The van der Waals surface area contributed by atoms with Crippen LogP contribution in [0.3, 0.4) is 0 Å². The Hall–Kier alpha value is -2.85. The lowest BCUT2D eigenvalue weighted by Crippen LogP contribution is -2.22. The Labute approximate surface area is 145 Å². The Kier molecular flexibility index (Phi) is 5.08. The van der Waals surface area contributed by atoms with Crippen molar-refractivity contribution in [3.05, 3.63) is 89.1 Å². The fourth-order valence-corrected chi connectivity index (χ4v) is 2.26. The number of nitrogens with zero attached hydrogens (tertiary/aromatic N) is 1. The normalized spacial score (nSPS) is 10.2. The van der Waals surface area contributed by atoms with E-state index in [1.165, 1.54) is 0 Å². The molecule has 1 amide bonds. The predicted octanol–water partition coefficient (Wildman–Crippen LogP) is 4.46. The van der Waals surface area contributed by atoms with Crippen molar-refractivity contribution in [3.8, 4) is 11.6 Å². The summed E-state index contributed by atoms with van der Waals surface area (Å²) in [4.78, 5) is 16.2. The van der Waals surface area contributed by atoms with Crippen molar-refractivity contribution in [2.24, 2.45) is 0 Å². The van der Waals surface area contributed by atoms with Crippen LogP contribution in [0.15, 0.2) is 72.9 Å². The highest BCUT2D eigenvalue weighted by Crippen LogP contribution is 2.20. The first-order chi connectivity index (χ1) is 11.7. The number of ether oxygens (including phenoxy) is 1. The van der Waals surface area contributed by atoms with Crippen LogP contribution in [0.5, 0.6) is 11.6 Å². The molecule has 5 heteroatoms. The van der Waals surface area contributed by atoms with E-state index in [9.17, 15) is 4.79 Å². The zero-order chi connectivity index (χ0) is 16.8. The van der Waals surface area contributed by atoms with E-state index in [1.807, 2.05) is 36.4 Å². The summed E-state index contributed by atoms with van der Waals surface area (Å²) in [7, 11) is 0. The summed E-state index contributed by atoms with van der Waals surface area (Å²) in [6, 6.07) is 19.8. The van der Waals surface area contributed by atoms with Gasteiger partial charge in [0.25, 0.3) is 5.91 Å². The van der Waals surface area contributed by atoms with E-state index < -0.39 is 0 Å². The molecule has 0 bridgehead atoms. The lowest BCUT2D eigenvalue weighted by Gasteiger charge is -2.08. The Bertz CT molecular complexity index is 820. The molecule has 3 rings (SSSR count). The van der Waals surface area contributed by atoms with Crippen LogP contribution in [-0.4, -0.2) is 10.9 Å². The third kappa shape index (κ3) is 4.33. The summed E-state index contributed by atoms with van der Waals surface area (Å²) < 4.78 is 5.69. The van der Waals surface area contributed by atoms with Crippen molar-refractivity contribution in [2.45, 2.75) is 6.54 Å². The fourth-order valence-electron chi connectivity index (χ4n) is 2.13. The number of hydrogen-bond donors (Lipinski definition) is 1. The molecule has 0 aliphatic carbocycles. The van der Waals surface area contributed by atoms with Gasteiger partial charge in [0.15, 0.2) is 0 Å². The first-order valence-corrected chi connectivity index (χ1v) is 7.80. The average Bonchev–Trinajstić information content (AvgIpc) is 2.61. The minimum atomic E-state index is -0.150. The summed E-state index contributed by atoms with van der Waals surface area (Å²) in [6.45, 7) is 0.404. The summed E-state index contributed by atoms with van der Waals surface area (Å²) in [5, 5.41) is 3.48. The molecule has 0 spiro atoms. The van der Waals surface area contributed by atoms with Crippen LogP contribution >= 0.6 is 11.6 Å². The van der Waals surface area contributed by atoms with Crippen LogP contribution < -0.4 is 10.1 Å². The fraction of sp³-hybridized carbons (Fsp3) is 0.0526. The molecular weight excluding hydrogens is 324 g/mol. The topological polar surface area (TPSA) is 51.2 Å². The molecule has 0 radical (unpaired) electrons. The van der Waals surface area contributed by atoms with E-state index in [0.717, 1.165) is 5.56 Å². The molecule has 0 fully saturated rings. The maximum absolute atomic E-state index is 12.1. The Balaban J connectivity index is 1.62. The number of aromatic nitrogens is 1. The molecule has 1 aromatic heterocycles. The quantitative estimate of drug-likeness (QED) is 0.747. The molecule has 0 atom stereocenters. The summed E-state index contributed by atoms with van der Waals surface area (Å²) in [5.41, 5.74) is 1.51. The highest BCUT2D eigenvalue weighted by Gasteiger charge is 2.06. The van der Waals surface area contributed by atoms with E-state index >= 15 is 0 Å². The second-order valence-electron chi connectivity index (χ2n) is 5.11. The molecule has 2 aromatic carbocycles. The molecular formula is C19H15ClN2O2. The lowest BCUT2D eigenvalue weighted by molar-refractivity contribution is 0.0951. The molecule has 3 aromatic rings. The van der Waals surface area contributed by atoms with Crippen molar-refractivity contribution in [2.75, 3.05) is 0 Å². The maximum Gasteiger partial charge on any atom is 0.251 e. The number of benzene rings is 2. The van der Waals surface area contributed by atoms with Gasteiger partial charge in [-0.3, -0.25) is 4.79 Å². The first-order valence-electron chi connectivity index (χ1n) is 7.42. The Morgan fingerprint density at radius 1 is 1.04 bits per heavy atom.